The topological polar surface area (TPSA) is 80.3 Å². The Morgan fingerprint density at radius 3 is 2.64 bits per heavy atom. The number of methoxy groups -OCH3 is 1. The van der Waals surface area contributed by atoms with E-state index in [4.69, 9.17) is 14.2 Å². The van der Waals surface area contributed by atoms with Crippen LogP contribution in [0.15, 0.2) is 11.6 Å². The number of allylic oxidation sites excluding steroid dienone is 1. The maximum Gasteiger partial charge on any atom is 0.320 e. The van der Waals surface area contributed by atoms with Gasteiger partial charge in [0.05, 0.1) is 18.6 Å². The number of esters is 1. The summed E-state index contributed by atoms with van der Waals surface area (Å²) in [6.45, 7) is 6.41. The Kier molecular flexibility index (Phi) is 7.12. The lowest BCUT2D eigenvalue weighted by Gasteiger charge is -2.46. The highest BCUT2D eigenvalue weighted by atomic mass is 127. The largest absolute Gasteiger partial charge is 0.459 e. The Balaban J connectivity index is 1.65. The number of rotatable bonds is 8. The van der Waals surface area contributed by atoms with E-state index in [1.165, 1.54) is 12.0 Å². The lowest BCUT2D eigenvalue weighted by molar-refractivity contribution is -0.177. The molecule has 0 aromatic heterocycles. The maximum atomic E-state index is 12.3. The summed E-state index contributed by atoms with van der Waals surface area (Å²) in [4.78, 5) is 12.3. The average molecular weight is 507 g/mol. The molecule has 1 saturated heterocycles. The molecule has 0 radical (unpaired) electrons. The highest BCUT2D eigenvalue weighted by Gasteiger charge is 2.67. The third-order valence-corrected chi connectivity index (χ3v) is 7.69. The van der Waals surface area contributed by atoms with Gasteiger partial charge in [-0.25, -0.2) is 0 Å². The summed E-state index contributed by atoms with van der Waals surface area (Å²) in [6, 6.07) is 0.443. The molecule has 2 N–H and O–H groups in total. The van der Waals surface area contributed by atoms with Crippen molar-refractivity contribution < 1.29 is 24.1 Å². The summed E-state index contributed by atoms with van der Waals surface area (Å²) in [5.41, 5.74) is 0.762. The van der Waals surface area contributed by atoms with Crippen molar-refractivity contribution >= 4 is 28.6 Å². The van der Waals surface area contributed by atoms with Crippen LogP contribution in [0, 0.1) is 5.92 Å². The van der Waals surface area contributed by atoms with Gasteiger partial charge in [0.1, 0.15) is 21.4 Å². The van der Waals surface area contributed by atoms with E-state index in [-0.39, 0.29) is 30.6 Å². The SMILES string of the molecule is CO[C@@H]1[C@H](OC(=O)CNC2CCC2)CC[C@](O)(I)[C@H]1[C@@]1(C)OC1CC=C(C)C. The van der Waals surface area contributed by atoms with E-state index in [9.17, 15) is 9.90 Å². The van der Waals surface area contributed by atoms with Crippen molar-refractivity contribution in [2.75, 3.05) is 13.7 Å². The summed E-state index contributed by atoms with van der Waals surface area (Å²) in [6.07, 6.45) is 6.86. The number of alkyl halides is 1. The van der Waals surface area contributed by atoms with Gasteiger partial charge in [-0.1, -0.05) is 18.1 Å². The number of carbonyl (C=O) groups excluding carboxylic acids is 1. The van der Waals surface area contributed by atoms with Crippen LogP contribution in [0.4, 0.5) is 0 Å². The summed E-state index contributed by atoms with van der Waals surface area (Å²) in [7, 11) is 1.62. The minimum absolute atomic E-state index is 0.0427. The van der Waals surface area contributed by atoms with Gasteiger partial charge in [0.25, 0.3) is 0 Å². The van der Waals surface area contributed by atoms with Crippen LogP contribution in [-0.2, 0) is 19.0 Å². The highest BCUT2D eigenvalue weighted by molar-refractivity contribution is 14.1. The van der Waals surface area contributed by atoms with Crippen molar-refractivity contribution in [3.8, 4) is 0 Å². The van der Waals surface area contributed by atoms with Crippen LogP contribution in [0.1, 0.15) is 59.3 Å². The first-order valence-corrected chi connectivity index (χ1v) is 11.4. The van der Waals surface area contributed by atoms with E-state index in [1.54, 1.807) is 7.11 Å². The van der Waals surface area contributed by atoms with Gasteiger partial charge in [0, 0.05) is 13.2 Å². The molecule has 3 fully saturated rings. The molecular formula is C21H34INO5. The van der Waals surface area contributed by atoms with Crippen LogP contribution in [0.25, 0.3) is 0 Å². The van der Waals surface area contributed by atoms with Crippen molar-refractivity contribution in [3.05, 3.63) is 11.6 Å². The van der Waals surface area contributed by atoms with Crippen molar-refractivity contribution in [2.45, 2.75) is 92.9 Å². The average Bonchev–Trinajstić information content (AvgIpc) is 3.23. The van der Waals surface area contributed by atoms with Crippen LogP contribution in [0.3, 0.4) is 0 Å². The molecule has 0 amide bonds. The first kappa shape index (κ1) is 22.5. The van der Waals surface area contributed by atoms with Gasteiger partial charge in [-0.05, 0) is 75.5 Å². The van der Waals surface area contributed by atoms with Gasteiger partial charge >= 0.3 is 5.97 Å². The van der Waals surface area contributed by atoms with E-state index in [2.05, 4.69) is 47.8 Å². The Morgan fingerprint density at radius 1 is 1.36 bits per heavy atom. The second-order valence-corrected chi connectivity index (χ2v) is 10.7. The molecule has 1 aliphatic heterocycles. The Labute approximate surface area is 181 Å². The lowest BCUT2D eigenvalue weighted by Crippen LogP contribution is -2.58. The van der Waals surface area contributed by atoms with Crippen molar-refractivity contribution in [1.82, 2.24) is 5.32 Å². The number of hydrogen-bond acceptors (Lipinski definition) is 6. The predicted molar refractivity (Wildman–Crippen MR) is 115 cm³/mol. The molecule has 3 rings (SSSR count). The predicted octanol–water partition coefficient (Wildman–Crippen LogP) is 3.10. The molecule has 6 nitrogen and oxygen atoms in total. The molecule has 2 saturated carbocycles. The lowest BCUT2D eigenvalue weighted by atomic mass is 9.73. The normalized spacial score (nSPS) is 40.5. The molecule has 3 aliphatic rings. The molecule has 7 heteroatoms. The molecule has 0 spiro atoms. The van der Waals surface area contributed by atoms with E-state index >= 15 is 0 Å². The van der Waals surface area contributed by atoms with E-state index in [1.807, 2.05) is 6.92 Å². The molecule has 0 aromatic rings. The first-order valence-electron chi connectivity index (χ1n) is 10.4. The van der Waals surface area contributed by atoms with Crippen LogP contribution in [0.2, 0.25) is 0 Å². The molecule has 2 aliphatic carbocycles. The van der Waals surface area contributed by atoms with Crippen molar-refractivity contribution in [3.63, 3.8) is 0 Å². The first-order chi connectivity index (χ1) is 13.2. The Bertz CT molecular complexity index is 602. The van der Waals surface area contributed by atoms with Crippen LogP contribution >= 0.6 is 22.6 Å². The number of carbonyl (C=O) groups is 1. The second kappa shape index (κ2) is 8.88. The fourth-order valence-corrected chi connectivity index (χ4v) is 5.82. The molecular weight excluding hydrogens is 473 g/mol. The smallest absolute Gasteiger partial charge is 0.320 e. The molecule has 160 valence electrons. The molecule has 0 aromatic carbocycles. The van der Waals surface area contributed by atoms with Crippen LogP contribution in [0.5, 0.6) is 0 Å². The zero-order chi connectivity index (χ0) is 20.5. The molecule has 1 heterocycles. The minimum atomic E-state index is -0.958. The van der Waals surface area contributed by atoms with Gasteiger partial charge < -0.3 is 24.6 Å². The third-order valence-electron chi connectivity index (χ3n) is 6.48. The molecule has 28 heavy (non-hydrogen) atoms. The monoisotopic (exact) mass is 507 g/mol. The number of nitrogens with one attached hydrogen (secondary N) is 1. The quantitative estimate of drug-likeness (QED) is 0.173. The highest BCUT2D eigenvalue weighted by Crippen LogP contribution is 2.56. The van der Waals surface area contributed by atoms with Crippen molar-refractivity contribution in [2.24, 2.45) is 5.92 Å². The Hall–Kier alpha value is -0.220. The molecule has 1 unspecified atom stereocenters. The van der Waals surface area contributed by atoms with Gasteiger partial charge in [-0.15, -0.1) is 0 Å². The molecule has 6 atom stereocenters. The summed E-state index contributed by atoms with van der Waals surface area (Å²) in [5, 5.41) is 14.4. The van der Waals surface area contributed by atoms with E-state index in [0.29, 0.717) is 18.9 Å². The summed E-state index contributed by atoms with van der Waals surface area (Å²) < 4.78 is 16.7. The third kappa shape index (κ3) is 4.91. The van der Waals surface area contributed by atoms with Crippen LogP contribution in [-0.4, -0.2) is 58.3 Å². The molecule has 0 bridgehead atoms. The van der Waals surface area contributed by atoms with Gasteiger partial charge in [0.15, 0.2) is 0 Å². The van der Waals surface area contributed by atoms with Crippen molar-refractivity contribution in [1.29, 1.82) is 0 Å². The van der Waals surface area contributed by atoms with Gasteiger partial charge in [-0.3, -0.25) is 4.79 Å². The fraction of sp³-hybridized carbons (Fsp3) is 0.857. The number of ether oxygens (including phenoxy) is 3. The number of aliphatic hydroxyl groups is 1. The summed E-state index contributed by atoms with van der Waals surface area (Å²) in [5.74, 6) is -0.521. The minimum Gasteiger partial charge on any atom is -0.459 e. The van der Waals surface area contributed by atoms with Gasteiger partial charge in [-0.2, -0.15) is 0 Å². The maximum absolute atomic E-state index is 12.3. The standard InChI is InChI=1S/C21H34INO5/c1-13(2)8-9-16-20(3,28-16)19-18(26-4)15(10-11-21(19,22)25)27-17(24)12-23-14-6-5-7-14/h8,14-16,18-19,23,25H,5-7,9-12H2,1-4H3/t15-,16?,18-,19-,20+,21-/m1/s1. The number of halogens is 1. The zero-order valence-electron chi connectivity index (χ0n) is 17.4. The number of epoxide rings is 1. The van der Waals surface area contributed by atoms with Gasteiger partial charge in [0.2, 0.25) is 0 Å². The van der Waals surface area contributed by atoms with E-state index in [0.717, 1.165) is 19.3 Å². The number of hydrogen-bond donors (Lipinski definition) is 2. The fourth-order valence-electron chi connectivity index (χ4n) is 4.53. The van der Waals surface area contributed by atoms with Crippen LogP contribution < -0.4 is 5.32 Å². The zero-order valence-corrected chi connectivity index (χ0v) is 19.5. The Morgan fingerprint density at radius 2 is 2.07 bits per heavy atom. The summed E-state index contributed by atoms with van der Waals surface area (Å²) >= 11 is 2.12. The van der Waals surface area contributed by atoms with E-state index < -0.39 is 15.3 Å². The second-order valence-electron chi connectivity index (χ2n) is 8.88.